The van der Waals surface area contributed by atoms with Crippen LogP contribution in [0.2, 0.25) is 0 Å². The molecule has 0 bridgehead atoms. The molecule has 116 valence electrons. The maximum absolute atomic E-state index is 12.6. The molecule has 0 atom stereocenters. The fraction of sp³-hybridized carbons (Fsp3) is 0.263. The molecule has 4 heteroatoms. The number of amides is 1. The average Bonchev–Trinajstić information content (AvgIpc) is 3.02. The summed E-state index contributed by atoms with van der Waals surface area (Å²) in [5, 5.41) is 0. The summed E-state index contributed by atoms with van der Waals surface area (Å²) in [7, 11) is 0. The van der Waals surface area contributed by atoms with Gasteiger partial charge in [-0.25, -0.2) is 4.98 Å². The van der Waals surface area contributed by atoms with Gasteiger partial charge in [-0.3, -0.25) is 4.79 Å². The number of aromatic amines is 1. The minimum atomic E-state index is 0.178. The summed E-state index contributed by atoms with van der Waals surface area (Å²) in [6.07, 6.45) is 3.22. The molecule has 0 spiro atoms. The van der Waals surface area contributed by atoms with Crippen molar-refractivity contribution in [2.75, 3.05) is 11.4 Å². The summed E-state index contributed by atoms with van der Waals surface area (Å²) in [4.78, 5) is 22.4. The summed E-state index contributed by atoms with van der Waals surface area (Å²) < 4.78 is 0. The zero-order chi connectivity index (χ0) is 15.6. The fourth-order valence-corrected chi connectivity index (χ4v) is 3.28. The summed E-state index contributed by atoms with van der Waals surface area (Å²) >= 11 is 0. The Morgan fingerprint density at radius 2 is 1.96 bits per heavy atom. The molecule has 0 saturated carbocycles. The molecule has 2 heterocycles. The number of hydrogen-bond acceptors (Lipinski definition) is 2. The van der Waals surface area contributed by atoms with Crippen molar-refractivity contribution in [3.63, 3.8) is 0 Å². The SMILES string of the molecule is O=C(CCc1nc2ccccc2[nH]1)N1CCCc2ccccc21. The largest absolute Gasteiger partial charge is 0.342 e. The van der Waals surface area contributed by atoms with Crippen LogP contribution >= 0.6 is 0 Å². The molecule has 0 aliphatic carbocycles. The third-order valence-corrected chi connectivity index (χ3v) is 4.43. The number of carbonyl (C=O) groups is 1. The minimum Gasteiger partial charge on any atom is -0.342 e. The minimum absolute atomic E-state index is 0.178. The standard InChI is InChI=1S/C19H19N3O/c23-19(22-13-5-7-14-6-1-4-10-17(14)22)12-11-18-20-15-8-2-3-9-16(15)21-18/h1-4,6,8-10H,5,7,11-13H2,(H,20,21). The number of aromatic nitrogens is 2. The van der Waals surface area contributed by atoms with Gasteiger partial charge in [-0.1, -0.05) is 30.3 Å². The Labute approximate surface area is 135 Å². The van der Waals surface area contributed by atoms with E-state index in [1.165, 1.54) is 5.56 Å². The molecule has 4 rings (SSSR count). The third kappa shape index (κ3) is 2.72. The second kappa shape index (κ2) is 5.88. The number of imidazole rings is 1. The monoisotopic (exact) mass is 305 g/mol. The number of benzene rings is 2. The quantitative estimate of drug-likeness (QED) is 0.805. The van der Waals surface area contributed by atoms with Gasteiger partial charge in [0.15, 0.2) is 0 Å². The topological polar surface area (TPSA) is 49.0 Å². The predicted octanol–water partition coefficient (Wildman–Crippen LogP) is 3.47. The van der Waals surface area contributed by atoms with Crippen molar-refractivity contribution < 1.29 is 4.79 Å². The predicted molar refractivity (Wildman–Crippen MR) is 91.5 cm³/mol. The van der Waals surface area contributed by atoms with E-state index in [0.717, 1.165) is 41.9 Å². The maximum atomic E-state index is 12.6. The van der Waals surface area contributed by atoms with E-state index in [0.29, 0.717) is 12.8 Å². The van der Waals surface area contributed by atoms with Crippen LogP contribution in [0.25, 0.3) is 11.0 Å². The summed E-state index contributed by atoms with van der Waals surface area (Å²) in [5.41, 5.74) is 4.33. The third-order valence-electron chi connectivity index (χ3n) is 4.43. The average molecular weight is 305 g/mol. The van der Waals surface area contributed by atoms with E-state index in [4.69, 9.17) is 0 Å². The van der Waals surface area contributed by atoms with Gasteiger partial charge in [0.2, 0.25) is 5.91 Å². The number of fused-ring (bicyclic) bond motifs is 2. The first-order valence-corrected chi connectivity index (χ1v) is 8.13. The number of aryl methyl sites for hydroxylation is 2. The fourth-order valence-electron chi connectivity index (χ4n) is 3.28. The molecule has 1 N–H and O–H groups in total. The highest BCUT2D eigenvalue weighted by Gasteiger charge is 2.21. The van der Waals surface area contributed by atoms with Crippen molar-refractivity contribution in [2.45, 2.75) is 25.7 Å². The Kier molecular flexibility index (Phi) is 3.58. The first-order valence-electron chi connectivity index (χ1n) is 8.13. The summed E-state index contributed by atoms with van der Waals surface area (Å²) in [6.45, 7) is 0.815. The van der Waals surface area contributed by atoms with Gasteiger partial charge in [0.1, 0.15) is 5.82 Å². The highest BCUT2D eigenvalue weighted by atomic mass is 16.2. The van der Waals surface area contributed by atoms with Crippen molar-refractivity contribution in [3.05, 3.63) is 59.9 Å². The highest BCUT2D eigenvalue weighted by molar-refractivity contribution is 5.94. The zero-order valence-corrected chi connectivity index (χ0v) is 13.0. The number of rotatable bonds is 3. The highest BCUT2D eigenvalue weighted by Crippen LogP contribution is 2.27. The van der Waals surface area contributed by atoms with E-state index in [2.05, 4.69) is 16.0 Å². The van der Waals surface area contributed by atoms with Crippen LogP contribution in [0, 0.1) is 0 Å². The second-order valence-electron chi connectivity index (χ2n) is 5.98. The van der Waals surface area contributed by atoms with Crippen LogP contribution < -0.4 is 4.90 Å². The summed E-state index contributed by atoms with van der Waals surface area (Å²) in [5.74, 6) is 1.06. The lowest BCUT2D eigenvalue weighted by atomic mass is 10.0. The van der Waals surface area contributed by atoms with Gasteiger partial charge in [0.05, 0.1) is 11.0 Å². The molecule has 23 heavy (non-hydrogen) atoms. The maximum Gasteiger partial charge on any atom is 0.227 e. The molecule has 0 unspecified atom stereocenters. The lowest BCUT2D eigenvalue weighted by molar-refractivity contribution is -0.118. The normalized spacial score (nSPS) is 14.0. The van der Waals surface area contributed by atoms with Gasteiger partial charge < -0.3 is 9.88 Å². The molecular weight excluding hydrogens is 286 g/mol. The first kappa shape index (κ1) is 14.0. The van der Waals surface area contributed by atoms with Crippen molar-refractivity contribution in [2.24, 2.45) is 0 Å². The van der Waals surface area contributed by atoms with Gasteiger partial charge >= 0.3 is 0 Å². The van der Waals surface area contributed by atoms with Crippen molar-refractivity contribution >= 4 is 22.6 Å². The Balaban J connectivity index is 1.48. The molecule has 1 amide bonds. The second-order valence-corrected chi connectivity index (χ2v) is 5.98. The molecule has 4 nitrogen and oxygen atoms in total. The van der Waals surface area contributed by atoms with Crippen LogP contribution in [0.5, 0.6) is 0 Å². The van der Waals surface area contributed by atoms with E-state index in [9.17, 15) is 4.79 Å². The molecule has 1 aliphatic heterocycles. The van der Waals surface area contributed by atoms with E-state index < -0.39 is 0 Å². The van der Waals surface area contributed by atoms with Crippen molar-refractivity contribution in [3.8, 4) is 0 Å². The van der Waals surface area contributed by atoms with Crippen LogP contribution in [0.4, 0.5) is 5.69 Å². The smallest absolute Gasteiger partial charge is 0.227 e. The van der Waals surface area contributed by atoms with Crippen molar-refractivity contribution in [1.82, 2.24) is 9.97 Å². The number of para-hydroxylation sites is 3. The van der Waals surface area contributed by atoms with Crippen LogP contribution in [0.1, 0.15) is 24.2 Å². The Morgan fingerprint density at radius 1 is 1.13 bits per heavy atom. The Bertz CT molecular complexity index is 819. The molecule has 3 aromatic rings. The van der Waals surface area contributed by atoms with Crippen molar-refractivity contribution in [1.29, 1.82) is 0 Å². The van der Waals surface area contributed by atoms with Crippen LogP contribution in [-0.2, 0) is 17.6 Å². The van der Waals surface area contributed by atoms with Gasteiger partial charge in [-0.2, -0.15) is 0 Å². The molecule has 1 aliphatic rings. The Hall–Kier alpha value is -2.62. The lowest BCUT2D eigenvalue weighted by Gasteiger charge is -2.29. The zero-order valence-electron chi connectivity index (χ0n) is 13.0. The van der Waals surface area contributed by atoms with E-state index in [1.807, 2.05) is 47.4 Å². The Morgan fingerprint density at radius 3 is 2.87 bits per heavy atom. The van der Waals surface area contributed by atoms with Crippen LogP contribution in [-0.4, -0.2) is 22.4 Å². The van der Waals surface area contributed by atoms with E-state index in [1.54, 1.807) is 0 Å². The van der Waals surface area contributed by atoms with E-state index in [-0.39, 0.29) is 5.91 Å². The number of anilines is 1. The summed E-state index contributed by atoms with van der Waals surface area (Å²) in [6, 6.07) is 16.2. The van der Waals surface area contributed by atoms with Gasteiger partial charge in [-0.05, 0) is 36.6 Å². The van der Waals surface area contributed by atoms with E-state index >= 15 is 0 Å². The van der Waals surface area contributed by atoms with Crippen LogP contribution in [0.3, 0.4) is 0 Å². The lowest BCUT2D eigenvalue weighted by Crippen LogP contribution is -2.35. The molecule has 2 aromatic carbocycles. The van der Waals surface area contributed by atoms with Crippen LogP contribution in [0.15, 0.2) is 48.5 Å². The molecule has 0 fully saturated rings. The number of nitrogens with one attached hydrogen (secondary N) is 1. The molecular formula is C19H19N3O. The van der Waals surface area contributed by atoms with Gasteiger partial charge in [0, 0.05) is 25.1 Å². The first-order chi connectivity index (χ1) is 11.3. The number of nitrogens with zero attached hydrogens (tertiary/aromatic N) is 2. The molecule has 0 radical (unpaired) electrons. The number of hydrogen-bond donors (Lipinski definition) is 1. The number of H-pyrrole nitrogens is 1. The van der Waals surface area contributed by atoms with Gasteiger partial charge in [-0.15, -0.1) is 0 Å². The number of carbonyl (C=O) groups excluding carboxylic acids is 1. The molecule has 0 saturated heterocycles. The van der Waals surface area contributed by atoms with Gasteiger partial charge in [0.25, 0.3) is 0 Å². The molecule has 1 aromatic heterocycles.